The van der Waals surface area contributed by atoms with Gasteiger partial charge in [-0.1, -0.05) is 45.7 Å². The maximum Gasteiger partial charge on any atom is 0.255 e. The van der Waals surface area contributed by atoms with E-state index < -0.39 is 5.41 Å². The van der Waals surface area contributed by atoms with Crippen molar-refractivity contribution in [1.29, 1.82) is 0 Å². The highest BCUT2D eigenvalue weighted by molar-refractivity contribution is 9.10. The highest BCUT2D eigenvalue weighted by Gasteiger charge is 2.51. The zero-order chi connectivity index (χ0) is 20.2. The first-order chi connectivity index (χ1) is 13.9. The van der Waals surface area contributed by atoms with Gasteiger partial charge < -0.3 is 10.6 Å². The fourth-order valence-corrected chi connectivity index (χ4v) is 5.02. The van der Waals surface area contributed by atoms with Crippen molar-refractivity contribution in [2.45, 2.75) is 18.3 Å². The van der Waals surface area contributed by atoms with Crippen molar-refractivity contribution >= 4 is 52.6 Å². The molecule has 5 nitrogen and oxygen atoms in total. The van der Waals surface area contributed by atoms with Crippen molar-refractivity contribution in [3.63, 3.8) is 0 Å². The summed E-state index contributed by atoms with van der Waals surface area (Å²) in [6.45, 7) is 0. The van der Waals surface area contributed by atoms with E-state index in [1.54, 1.807) is 12.3 Å². The molecule has 1 spiro atoms. The Balaban J connectivity index is 1.43. The Morgan fingerprint density at radius 1 is 1.14 bits per heavy atom. The Labute approximate surface area is 177 Å². The van der Waals surface area contributed by atoms with Crippen LogP contribution in [0.1, 0.15) is 27.0 Å². The van der Waals surface area contributed by atoms with Gasteiger partial charge in [-0.2, -0.15) is 0 Å². The molecule has 1 unspecified atom stereocenters. The molecule has 2 aromatic carbocycles. The number of fused-ring (bicyclic) bond motifs is 3. The minimum absolute atomic E-state index is 0.00223. The molecule has 7 heteroatoms. The molecule has 1 aliphatic carbocycles. The molecule has 2 amide bonds. The van der Waals surface area contributed by atoms with Gasteiger partial charge in [-0.05, 0) is 48.2 Å². The maximum absolute atomic E-state index is 12.8. The summed E-state index contributed by atoms with van der Waals surface area (Å²) in [6, 6.07) is 15.4. The van der Waals surface area contributed by atoms with Crippen molar-refractivity contribution in [3.8, 4) is 0 Å². The number of pyridine rings is 1. The summed E-state index contributed by atoms with van der Waals surface area (Å²) in [4.78, 5) is 29.8. The topological polar surface area (TPSA) is 71.1 Å². The minimum atomic E-state index is -0.601. The highest BCUT2D eigenvalue weighted by Crippen LogP contribution is 2.46. The summed E-state index contributed by atoms with van der Waals surface area (Å²) >= 11 is 3.44. The van der Waals surface area contributed by atoms with Crippen molar-refractivity contribution in [3.05, 3.63) is 81.5 Å². The normalized spacial score (nSPS) is 19.0. The lowest BCUT2D eigenvalue weighted by molar-refractivity contribution is -0.120. The van der Waals surface area contributed by atoms with Gasteiger partial charge in [0.2, 0.25) is 5.91 Å². The first-order valence-electron chi connectivity index (χ1n) is 9.42. The number of carbonyl (C=O) groups excluding carboxylic acids is 2. The lowest BCUT2D eigenvalue weighted by Gasteiger charge is -2.20. The molecule has 1 aliphatic heterocycles. The van der Waals surface area contributed by atoms with Crippen LogP contribution in [0.2, 0.25) is 0 Å². The van der Waals surface area contributed by atoms with Crippen LogP contribution in [0, 0.1) is 0 Å². The van der Waals surface area contributed by atoms with E-state index in [0.717, 1.165) is 32.3 Å². The molecule has 0 saturated heterocycles. The molecular formula is C22H17BBrN3O2. The Morgan fingerprint density at radius 2 is 1.97 bits per heavy atom. The van der Waals surface area contributed by atoms with Crippen LogP contribution >= 0.6 is 15.9 Å². The molecule has 3 aromatic rings. The van der Waals surface area contributed by atoms with E-state index in [2.05, 4.69) is 31.5 Å². The van der Waals surface area contributed by atoms with Crippen molar-refractivity contribution in [1.82, 2.24) is 4.98 Å². The molecule has 142 valence electrons. The molecule has 0 fully saturated rings. The van der Waals surface area contributed by atoms with E-state index in [1.807, 2.05) is 50.3 Å². The third kappa shape index (κ3) is 2.97. The van der Waals surface area contributed by atoms with Crippen LogP contribution in [0.15, 0.2) is 59.2 Å². The van der Waals surface area contributed by atoms with Crippen molar-refractivity contribution in [2.24, 2.45) is 0 Å². The number of anilines is 2. The van der Waals surface area contributed by atoms with Gasteiger partial charge in [0, 0.05) is 27.5 Å². The summed E-state index contributed by atoms with van der Waals surface area (Å²) in [5, 5.41) is 5.90. The standard InChI is InChI=1S/C22H17BBrN3O2/c23-15-6-13(7-16(24)9-15)20(28)26-17-4-3-12-10-22(11-14(12)8-17)18-2-1-5-25-19(18)27-21(22)29/h1-9H,10-11,23H2,(H,26,28)(H,25,27,29). The van der Waals surface area contributed by atoms with Crippen LogP contribution < -0.4 is 16.1 Å². The van der Waals surface area contributed by atoms with E-state index in [0.29, 0.717) is 24.2 Å². The second-order valence-corrected chi connectivity index (χ2v) is 8.66. The zero-order valence-corrected chi connectivity index (χ0v) is 17.3. The predicted octanol–water partition coefficient (Wildman–Crippen LogP) is 2.34. The monoisotopic (exact) mass is 445 g/mol. The van der Waals surface area contributed by atoms with Gasteiger partial charge in [-0.15, -0.1) is 0 Å². The number of aromatic nitrogens is 1. The summed E-state index contributed by atoms with van der Waals surface area (Å²) in [5.41, 5.74) is 4.91. The number of amides is 2. The lowest BCUT2D eigenvalue weighted by Crippen LogP contribution is -2.35. The van der Waals surface area contributed by atoms with Crippen molar-refractivity contribution in [2.75, 3.05) is 10.6 Å². The third-order valence-corrected chi connectivity index (χ3v) is 6.20. The fourth-order valence-electron chi connectivity index (χ4n) is 4.42. The van der Waals surface area contributed by atoms with Crippen LogP contribution in [-0.4, -0.2) is 24.6 Å². The van der Waals surface area contributed by atoms with Gasteiger partial charge in [0.15, 0.2) is 0 Å². The predicted molar refractivity (Wildman–Crippen MR) is 119 cm³/mol. The molecule has 2 N–H and O–H groups in total. The highest BCUT2D eigenvalue weighted by atomic mass is 79.9. The number of halogens is 1. The summed E-state index contributed by atoms with van der Waals surface area (Å²) in [5.74, 6) is 0.497. The Morgan fingerprint density at radius 3 is 2.79 bits per heavy atom. The average Bonchev–Trinajstić information content (AvgIpc) is 3.19. The summed E-state index contributed by atoms with van der Waals surface area (Å²) in [6.07, 6.45) is 2.94. The molecule has 0 bridgehead atoms. The lowest BCUT2D eigenvalue weighted by atomic mass is 9.79. The quantitative estimate of drug-likeness (QED) is 0.594. The van der Waals surface area contributed by atoms with Crippen LogP contribution in [0.4, 0.5) is 11.5 Å². The maximum atomic E-state index is 12.8. The van der Waals surface area contributed by atoms with Gasteiger partial charge in [0.1, 0.15) is 13.7 Å². The number of benzene rings is 2. The third-order valence-electron chi connectivity index (χ3n) is 5.74. The van der Waals surface area contributed by atoms with Crippen molar-refractivity contribution < 1.29 is 9.59 Å². The van der Waals surface area contributed by atoms with E-state index in [4.69, 9.17) is 0 Å². The van der Waals surface area contributed by atoms with E-state index in [9.17, 15) is 9.59 Å². The summed E-state index contributed by atoms with van der Waals surface area (Å²) < 4.78 is 0.873. The van der Waals surface area contributed by atoms with Crippen LogP contribution in [-0.2, 0) is 23.1 Å². The van der Waals surface area contributed by atoms with Gasteiger partial charge in [-0.25, -0.2) is 4.98 Å². The van der Waals surface area contributed by atoms with E-state index in [-0.39, 0.29) is 11.8 Å². The average molecular weight is 446 g/mol. The molecule has 2 heterocycles. The summed E-state index contributed by atoms with van der Waals surface area (Å²) in [7, 11) is 1.95. The van der Waals surface area contributed by atoms with Crippen LogP contribution in [0.25, 0.3) is 0 Å². The molecule has 5 rings (SSSR count). The van der Waals surface area contributed by atoms with Gasteiger partial charge in [0.05, 0.1) is 5.41 Å². The van der Waals surface area contributed by atoms with Gasteiger partial charge in [0.25, 0.3) is 5.91 Å². The number of nitrogens with one attached hydrogen (secondary N) is 2. The number of nitrogens with zero attached hydrogens (tertiary/aromatic N) is 1. The number of rotatable bonds is 2. The Hall–Kier alpha value is -2.93. The number of carbonyl (C=O) groups is 2. The number of hydrogen-bond acceptors (Lipinski definition) is 3. The second kappa shape index (κ2) is 6.56. The van der Waals surface area contributed by atoms with E-state index >= 15 is 0 Å². The molecular weight excluding hydrogens is 429 g/mol. The van der Waals surface area contributed by atoms with Crippen LogP contribution in [0.3, 0.4) is 0 Å². The molecule has 2 aliphatic rings. The van der Waals surface area contributed by atoms with E-state index in [1.165, 1.54) is 0 Å². The minimum Gasteiger partial charge on any atom is -0.322 e. The first kappa shape index (κ1) is 18.1. The molecule has 1 atom stereocenters. The molecule has 1 aromatic heterocycles. The molecule has 29 heavy (non-hydrogen) atoms. The Kier molecular flexibility index (Phi) is 4.10. The molecule has 0 radical (unpaired) electrons. The zero-order valence-electron chi connectivity index (χ0n) is 15.8. The second-order valence-electron chi connectivity index (χ2n) is 7.74. The Bertz CT molecular complexity index is 1180. The van der Waals surface area contributed by atoms with Crippen LogP contribution in [0.5, 0.6) is 0 Å². The van der Waals surface area contributed by atoms with Gasteiger partial charge in [-0.3, -0.25) is 9.59 Å². The largest absolute Gasteiger partial charge is 0.322 e. The first-order valence-corrected chi connectivity index (χ1v) is 10.2. The fraction of sp³-hybridized carbons (Fsp3) is 0.136. The number of hydrogen-bond donors (Lipinski definition) is 2. The molecule has 0 saturated carbocycles. The van der Waals surface area contributed by atoms with Gasteiger partial charge >= 0.3 is 0 Å². The smallest absolute Gasteiger partial charge is 0.255 e. The SMILES string of the molecule is Bc1cc(Br)cc(C(=O)Nc2ccc3c(c2)CC2(C3)C(=O)Nc3ncccc32)c1.